The lowest BCUT2D eigenvalue weighted by Crippen LogP contribution is -2.37. The molecule has 320 valence electrons. The van der Waals surface area contributed by atoms with Gasteiger partial charge in [0.1, 0.15) is 19.3 Å². The smallest absolute Gasteiger partial charge is 0.457 e. The summed E-state index contributed by atoms with van der Waals surface area (Å²) in [5.74, 6) is -0.332. The van der Waals surface area contributed by atoms with Crippen molar-refractivity contribution in [2.24, 2.45) is 0 Å². The minimum Gasteiger partial charge on any atom is -0.457 e. The number of ether oxygens (including phenoxy) is 2. The van der Waals surface area contributed by atoms with E-state index < -0.39 is 13.9 Å². The number of hydrogen-bond donors (Lipinski definition) is 1. The molecule has 0 saturated carbocycles. The second-order valence-electron chi connectivity index (χ2n) is 15.7. The molecule has 0 heterocycles. The summed E-state index contributed by atoms with van der Waals surface area (Å²) in [5.41, 5.74) is 0. The van der Waals surface area contributed by atoms with Crippen LogP contribution in [0.4, 0.5) is 0 Å². The van der Waals surface area contributed by atoms with E-state index in [0.29, 0.717) is 24.1 Å². The average molecular weight is 795 g/mol. The van der Waals surface area contributed by atoms with Crippen molar-refractivity contribution in [3.8, 4) is 0 Å². The summed E-state index contributed by atoms with van der Waals surface area (Å²) in [6.45, 7) is 5.41. The zero-order valence-electron chi connectivity index (χ0n) is 36.1. The molecule has 0 aromatic rings. The van der Waals surface area contributed by atoms with Gasteiger partial charge in [-0.2, -0.15) is 0 Å². The van der Waals surface area contributed by atoms with Gasteiger partial charge in [0.25, 0.3) is 0 Å². The van der Waals surface area contributed by atoms with Crippen LogP contribution < -0.4 is 0 Å². The fourth-order valence-electron chi connectivity index (χ4n) is 5.65. The lowest BCUT2D eigenvalue weighted by molar-refractivity contribution is -0.870. The van der Waals surface area contributed by atoms with Gasteiger partial charge in [0, 0.05) is 13.0 Å². The SMILES string of the molecule is CC/C=C\C/C=C\C/C=C\C/C=C\CCCCCOCC(COP(=O)(O)OCC[N+](C)(C)C)OC(=O)CCCCCCCCC/C=C\CCCCCCCC. The van der Waals surface area contributed by atoms with Crippen LogP contribution in [0.3, 0.4) is 0 Å². The minimum atomic E-state index is -4.29. The van der Waals surface area contributed by atoms with Gasteiger partial charge in [-0.3, -0.25) is 13.8 Å². The van der Waals surface area contributed by atoms with Gasteiger partial charge in [-0.05, 0) is 77.0 Å². The molecular weight excluding hydrogens is 709 g/mol. The van der Waals surface area contributed by atoms with Crippen LogP contribution in [0.25, 0.3) is 0 Å². The molecule has 8 nitrogen and oxygen atoms in total. The van der Waals surface area contributed by atoms with E-state index in [1.165, 1.54) is 77.0 Å². The third-order valence-electron chi connectivity index (χ3n) is 9.06. The highest BCUT2D eigenvalue weighted by molar-refractivity contribution is 7.47. The first-order chi connectivity index (χ1) is 26.6. The summed E-state index contributed by atoms with van der Waals surface area (Å²) >= 11 is 0. The van der Waals surface area contributed by atoms with E-state index in [0.717, 1.165) is 70.6 Å². The van der Waals surface area contributed by atoms with E-state index in [1.807, 2.05) is 21.1 Å². The Morgan fingerprint density at radius 3 is 1.60 bits per heavy atom. The van der Waals surface area contributed by atoms with Crippen molar-refractivity contribution in [1.29, 1.82) is 0 Å². The van der Waals surface area contributed by atoms with Crippen LogP contribution in [-0.4, -0.2) is 75.6 Å². The molecule has 1 N–H and O–H groups in total. The van der Waals surface area contributed by atoms with Gasteiger partial charge in [0.15, 0.2) is 0 Å². The van der Waals surface area contributed by atoms with Crippen molar-refractivity contribution in [1.82, 2.24) is 0 Å². The summed E-state index contributed by atoms with van der Waals surface area (Å²) in [4.78, 5) is 22.9. The largest absolute Gasteiger partial charge is 0.472 e. The zero-order chi connectivity index (χ0) is 40.6. The van der Waals surface area contributed by atoms with Crippen LogP contribution in [0.1, 0.15) is 168 Å². The second-order valence-corrected chi connectivity index (χ2v) is 17.1. The van der Waals surface area contributed by atoms with Crippen molar-refractivity contribution < 1.29 is 37.3 Å². The number of carbonyl (C=O) groups excluding carboxylic acids is 1. The Morgan fingerprint density at radius 2 is 1.05 bits per heavy atom. The van der Waals surface area contributed by atoms with Crippen LogP contribution in [0.5, 0.6) is 0 Å². The normalized spacial score (nSPS) is 14.4. The first-order valence-electron chi connectivity index (χ1n) is 22.0. The fourth-order valence-corrected chi connectivity index (χ4v) is 6.40. The predicted molar refractivity (Wildman–Crippen MR) is 233 cm³/mol. The molecular formula is C46H85NO7P+. The number of rotatable bonds is 40. The first kappa shape index (κ1) is 53.2. The molecule has 0 aromatic carbocycles. The molecule has 0 radical (unpaired) electrons. The molecule has 2 unspecified atom stereocenters. The number of phosphoric acid groups is 1. The average Bonchev–Trinajstić information content (AvgIpc) is 3.13. The number of allylic oxidation sites excluding steroid dienone is 10. The quantitative estimate of drug-likeness (QED) is 0.0217. The molecule has 2 atom stereocenters. The maximum absolute atomic E-state index is 12.7. The van der Waals surface area contributed by atoms with Crippen molar-refractivity contribution >= 4 is 13.8 Å². The number of likely N-dealkylation sites (N-methyl/N-ethyl adjacent to an activating group) is 1. The molecule has 0 bridgehead atoms. The maximum Gasteiger partial charge on any atom is 0.472 e. The Morgan fingerprint density at radius 1 is 0.582 bits per heavy atom. The summed E-state index contributed by atoms with van der Waals surface area (Å²) in [6, 6.07) is 0. The molecule has 0 aliphatic rings. The van der Waals surface area contributed by atoms with E-state index in [-0.39, 0.29) is 25.8 Å². The van der Waals surface area contributed by atoms with Crippen LogP contribution in [0.15, 0.2) is 60.8 Å². The molecule has 0 aliphatic carbocycles. The number of hydrogen-bond acceptors (Lipinski definition) is 6. The van der Waals surface area contributed by atoms with Gasteiger partial charge in [-0.25, -0.2) is 4.57 Å². The fraction of sp³-hybridized carbons (Fsp3) is 0.761. The Labute approximate surface area is 339 Å². The van der Waals surface area contributed by atoms with E-state index in [9.17, 15) is 14.3 Å². The number of nitrogens with zero attached hydrogens (tertiary/aromatic N) is 1. The first-order valence-corrected chi connectivity index (χ1v) is 23.5. The molecule has 0 aliphatic heterocycles. The van der Waals surface area contributed by atoms with Crippen LogP contribution in [-0.2, 0) is 27.9 Å². The third-order valence-corrected chi connectivity index (χ3v) is 10.0. The van der Waals surface area contributed by atoms with Gasteiger partial charge in [-0.15, -0.1) is 0 Å². The molecule has 0 aromatic heterocycles. The molecule has 0 amide bonds. The third kappa shape index (κ3) is 43.2. The zero-order valence-corrected chi connectivity index (χ0v) is 37.0. The van der Waals surface area contributed by atoms with Crippen molar-refractivity contribution in [2.45, 2.75) is 174 Å². The molecule has 0 fully saturated rings. The van der Waals surface area contributed by atoms with E-state index in [2.05, 4.69) is 74.6 Å². The van der Waals surface area contributed by atoms with Crippen molar-refractivity contribution in [3.63, 3.8) is 0 Å². The van der Waals surface area contributed by atoms with Crippen molar-refractivity contribution in [2.75, 3.05) is 54.1 Å². The van der Waals surface area contributed by atoms with Crippen LogP contribution >= 0.6 is 7.82 Å². The van der Waals surface area contributed by atoms with Gasteiger partial charge in [0.05, 0.1) is 34.4 Å². The highest BCUT2D eigenvalue weighted by Crippen LogP contribution is 2.43. The molecule has 55 heavy (non-hydrogen) atoms. The number of esters is 1. The Hall–Kier alpha value is -1.80. The minimum absolute atomic E-state index is 0.0789. The summed E-state index contributed by atoms with van der Waals surface area (Å²) in [5, 5.41) is 0. The Balaban J connectivity index is 4.31. The van der Waals surface area contributed by atoms with Gasteiger partial charge < -0.3 is 18.9 Å². The van der Waals surface area contributed by atoms with Crippen molar-refractivity contribution in [3.05, 3.63) is 60.8 Å². The number of unbranched alkanes of at least 4 members (excludes halogenated alkanes) is 16. The highest BCUT2D eigenvalue weighted by Gasteiger charge is 2.26. The predicted octanol–water partition coefficient (Wildman–Crippen LogP) is 12.9. The monoisotopic (exact) mass is 795 g/mol. The summed E-state index contributed by atoms with van der Waals surface area (Å²) in [6.07, 6.45) is 48.3. The maximum atomic E-state index is 12.7. The molecule has 9 heteroatoms. The Kier molecular flexibility index (Phi) is 37.8. The highest BCUT2D eigenvalue weighted by atomic mass is 31.2. The number of carbonyl (C=O) groups is 1. The molecule has 0 saturated heterocycles. The topological polar surface area (TPSA) is 91.3 Å². The van der Waals surface area contributed by atoms with Gasteiger partial charge in [-0.1, -0.05) is 145 Å². The number of quaternary nitrogens is 1. The molecule has 0 rings (SSSR count). The van der Waals surface area contributed by atoms with Gasteiger partial charge >= 0.3 is 13.8 Å². The van der Waals surface area contributed by atoms with Crippen LogP contribution in [0, 0.1) is 0 Å². The molecule has 0 spiro atoms. The summed E-state index contributed by atoms with van der Waals surface area (Å²) < 4.78 is 34.9. The standard InChI is InChI=1S/C46H84NO7P/c1-6-8-10-12-14-16-18-20-22-24-25-27-29-31-33-35-37-39-46(48)54-45(44-53-55(49,50)52-42-40-47(3,4)5)43-51-41-38-36-34-32-30-28-26-23-21-19-17-15-13-11-9-7-2/h9,11,15,17,20-23,28,30,45H,6-8,10,12-14,16,18-19,24-27,29,31-44H2,1-5H3/p+1/b11-9-,17-15-,22-20-,23-21-,30-28-. The lowest BCUT2D eigenvalue weighted by atomic mass is 10.1. The van der Waals surface area contributed by atoms with E-state index in [1.54, 1.807) is 0 Å². The van der Waals surface area contributed by atoms with E-state index >= 15 is 0 Å². The van der Waals surface area contributed by atoms with Gasteiger partial charge in [0.2, 0.25) is 0 Å². The second kappa shape index (κ2) is 39.0. The van der Waals surface area contributed by atoms with E-state index in [4.69, 9.17) is 18.5 Å². The summed E-state index contributed by atoms with van der Waals surface area (Å²) in [7, 11) is 1.63. The Bertz CT molecular complexity index is 1060. The number of phosphoric ester groups is 1. The van der Waals surface area contributed by atoms with Crippen LogP contribution in [0.2, 0.25) is 0 Å². The lowest BCUT2D eigenvalue weighted by Gasteiger charge is -2.24.